The third kappa shape index (κ3) is 3.94. The molecule has 0 aliphatic heterocycles. The van der Waals surface area contributed by atoms with E-state index in [1.807, 2.05) is 25.1 Å². The number of anilines is 1. The second-order valence-corrected chi connectivity index (χ2v) is 9.77. The molecule has 4 aromatic rings. The number of sulfonamides is 1. The van der Waals surface area contributed by atoms with Crippen molar-refractivity contribution in [2.45, 2.75) is 11.8 Å². The van der Waals surface area contributed by atoms with Crippen molar-refractivity contribution in [2.75, 3.05) is 25.6 Å². The van der Waals surface area contributed by atoms with E-state index < -0.39 is 10.0 Å². The highest BCUT2D eigenvalue weighted by atomic mass is 32.2. The number of aromatic nitrogens is 2. The van der Waals surface area contributed by atoms with Crippen molar-refractivity contribution in [3.05, 3.63) is 59.5 Å². The lowest BCUT2D eigenvalue weighted by Crippen LogP contribution is -2.26. The second-order valence-electron chi connectivity index (χ2n) is 6.92. The normalized spacial score (nSPS) is 11.4. The SMILES string of the molecule is COc1ccc(-c2noc(-c3sccc3S(=O)(=O)N(C)c3cccc(C)c3)n2)cc1OC. The number of hydrogen-bond acceptors (Lipinski definition) is 8. The fourth-order valence-corrected chi connectivity index (χ4v) is 5.68. The van der Waals surface area contributed by atoms with E-state index in [0.717, 1.165) is 5.56 Å². The molecule has 0 fully saturated rings. The first-order valence-corrected chi connectivity index (χ1v) is 11.9. The van der Waals surface area contributed by atoms with Crippen LogP contribution in [-0.4, -0.2) is 39.8 Å². The van der Waals surface area contributed by atoms with Gasteiger partial charge in [-0.3, -0.25) is 4.31 Å². The van der Waals surface area contributed by atoms with Gasteiger partial charge >= 0.3 is 0 Å². The lowest BCUT2D eigenvalue weighted by Gasteiger charge is -2.19. The van der Waals surface area contributed by atoms with Crippen LogP contribution in [0.5, 0.6) is 11.5 Å². The van der Waals surface area contributed by atoms with Crippen LogP contribution in [0.2, 0.25) is 0 Å². The van der Waals surface area contributed by atoms with E-state index in [9.17, 15) is 8.42 Å². The topological polar surface area (TPSA) is 94.8 Å². The predicted molar refractivity (Wildman–Crippen MR) is 123 cm³/mol. The summed E-state index contributed by atoms with van der Waals surface area (Å²) < 4.78 is 43.9. The molecule has 0 unspecified atom stereocenters. The Bertz CT molecular complexity index is 1360. The molecule has 0 aliphatic carbocycles. The smallest absolute Gasteiger partial charge is 0.269 e. The number of benzene rings is 2. The standard InChI is InChI=1S/C22H21N3O5S2/c1-14-6-5-7-16(12-14)25(2)32(26,27)19-10-11-31-20(19)22-23-21(24-30-22)15-8-9-17(28-3)18(13-15)29-4/h5-13H,1-4H3. The van der Waals surface area contributed by atoms with Crippen LogP contribution in [0.25, 0.3) is 22.2 Å². The summed E-state index contributed by atoms with van der Waals surface area (Å²) in [5, 5.41) is 5.71. The summed E-state index contributed by atoms with van der Waals surface area (Å²) in [7, 11) is 0.773. The third-order valence-corrected chi connectivity index (χ3v) is 7.75. The first-order valence-electron chi connectivity index (χ1n) is 9.54. The Labute approximate surface area is 190 Å². The van der Waals surface area contributed by atoms with Gasteiger partial charge in [-0.05, 0) is 54.3 Å². The molecule has 0 saturated carbocycles. The van der Waals surface area contributed by atoms with Crippen molar-refractivity contribution in [3.63, 3.8) is 0 Å². The highest BCUT2D eigenvalue weighted by Crippen LogP contribution is 2.36. The van der Waals surface area contributed by atoms with Crippen molar-refractivity contribution in [3.8, 4) is 33.7 Å². The van der Waals surface area contributed by atoms with Crippen molar-refractivity contribution < 1.29 is 22.4 Å². The quantitative estimate of drug-likeness (QED) is 0.388. The Balaban J connectivity index is 1.70. The fraction of sp³-hybridized carbons (Fsp3) is 0.182. The van der Waals surface area contributed by atoms with Gasteiger partial charge in [0.05, 0.1) is 19.9 Å². The van der Waals surface area contributed by atoms with Gasteiger partial charge in [0.25, 0.3) is 15.9 Å². The third-order valence-electron chi connectivity index (χ3n) is 4.89. The minimum Gasteiger partial charge on any atom is -0.493 e. The van der Waals surface area contributed by atoms with Gasteiger partial charge in [0.2, 0.25) is 5.82 Å². The first kappa shape index (κ1) is 21.8. The van der Waals surface area contributed by atoms with Crippen LogP contribution in [0.1, 0.15) is 5.56 Å². The number of methoxy groups -OCH3 is 2. The van der Waals surface area contributed by atoms with Crippen molar-refractivity contribution in [2.24, 2.45) is 0 Å². The van der Waals surface area contributed by atoms with Crippen LogP contribution in [0.15, 0.2) is 63.3 Å². The number of thiophene rings is 1. The zero-order chi connectivity index (χ0) is 22.9. The summed E-state index contributed by atoms with van der Waals surface area (Å²) in [4.78, 5) is 4.91. The molecule has 0 N–H and O–H groups in total. The van der Waals surface area contributed by atoms with Gasteiger partial charge in [-0.25, -0.2) is 8.42 Å². The molecule has 0 aliphatic rings. The minimum atomic E-state index is -3.84. The van der Waals surface area contributed by atoms with E-state index >= 15 is 0 Å². The van der Waals surface area contributed by atoms with Crippen molar-refractivity contribution in [1.29, 1.82) is 0 Å². The number of hydrogen-bond donors (Lipinski definition) is 0. The number of rotatable bonds is 7. The van der Waals surface area contributed by atoms with Gasteiger partial charge in [0.1, 0.15) is 9.77 Å². The van der Waals surface area contributed by atoms with Crippen molar-refractivity contribution >= 4 is 27.0 Å². The molecule has 32 heavy (non-hydrogen) atoms. The Morgan fingerprint density at radius 1 is 1.03 bits per heavy atom. The molecule has 0 radical (unpaired) electrons. The van der Waals surface area contributed by atoms with E-state index in [2.05, 4.69) is 10.1 Å². The van der Waals surface area contributed by atoms with E-state index in [1.165, 1.54) is 29.8 Å². The Kier molecular flexibility index (Phi) is 5.90. The molecule has 2 aromatic carbocycles. The second kappa shape index (κ2) is 8.64. The summed E-state index contributed by atoms with van der Waals surface area (Å²) in [6, 6.07) is 14.1. The zero-order valence-corrected chi connectivity index (χ0v) is 19.5. The molecule has 0 spiro atoms. The summed E-state index contributed by atoms with van der Waals surface area (Å²) in [5.41, 5.74) is 2.18. The predicted octanol–water partition coefficient (Wildman–Crippen LogP) is 4.62. The Morgan fingerprint density at radius 3 is 2.53 bits per heavy atom. The Hall–Kier alpha value is -3.37. The van der Waals surface area contributed by atoms with Crippen LogP contribution in [0.4, 0.5) is 5.69 Å². The van der Waals surface area contributed by atoms with Crippen LogP contribution in [0.3, 0.4) is 0 Å². The highest BCUT2D eigenvalue weighted by Gasteiger charge is 2.28. The van der Waals surface area contributed by atoms with Gasteiger partial charge in [-0.1, -0.05) is 17.3 Å². The average molecular weight is 472 g/mol. The monoisotopic (exact) mass is 471 g/mol. The van der Waals surface area contributed by atoms with Crippen molar-refractivity contribution in [1.82, 2.24) is 10.1 Å². The van der Waals surface area contributed by atoms with Gasteiger partial charge in [0, 0.05) is 12.6 Å². The molecule has 8 nitrogen and oxygen atoms in total. The summed E-state index contributed by atoms with van der Waals surface area (Å²) in [6.07, 6.45) is 0. The summed E-state index contributed by atoms with van der Waals surface area (Å²) in [6.45, 7) is 1.91. The van der Waals surface area contributed by atoms with Crippen LogP contribution in [0, 0.1) is 6.92 Å². The number of ether oxygens (including phenoxy) is 2. The fourth-order valence-electron chi connectivity index (χ4n) is 3.17. The van der Waals surface area contributed by atoms with Crippen LogP contribution in [-0.2, 0) is 10.0 Å². The van der Waals surface area contributed by atoms with Gasteiger partial charge < -0.3 is 14.0 Å². The lowest BCUT2D eigenvalue weighted by atomic mass is 10.2. The molecule has 166 valence electrons. The maximum atomic E-state index is 13.3. The molecular weight excluding hydrogens is 450 g/mol. The zero-order valence-electron chi connectivity index (χ0n) is 17.9. The molecule has 2 aromatic heterocycles. The molecule has 0 saturated heterocycles. The molecule has 0 amide bonds. The summed E-state index contributed by atoms with van der Waals surface area (Å²) >= 11 is 1.22. The average Bonchev–Trinajstić information content (AvgIpc) is 3.48. The molecule has 0 atom stereocenters. The van der Waals surface area contributed by atoms with Crippen LogP contribution >= 0.6 is 11.3 Å². The Morgan fingerprint density at radius 2 is 1.81 bits per heavy atom. The maximum absolute atomic E-state index is 13.3. The summed E-state index contributed by atoms with van der Waals surface area (Å²) in [5.74, 6) is 1.53. The maximum Gasteiger partial charge on any atom is 0.269 e. The number of aryl methyl sites for hydroxylation is 1. The minimum absolute atomic E-state index is 0.106. The van der Waals surface area contributed by atoms with E-state index in [1.54, 1.807) is 42.8 Å². The largest absolute Gasteiger partial charge is 0.493 e. The molecule has 0 bridgehead atoms. The molecule has 10 heteroatoms. The van der Waals surface area contributed by atoms with Gasteiger partial charge in [-0.2, -0.15) is 4.98 Å². The van der Waals surface area contributed by atoms with Gasteiger partial charge in [0.15, 0.2) is 11.5 Å². The van der Waals surface area contributed by atoms with E-state index in [-0.39, 0.29) is 10.8 Å². The molecule has 4 rings (SSSR count). The lowest BCUT2D eigenvalue weighted by molar-refractivity contribution is 0.355. The van der Waals surface area contributed by atoms with E-state index in [4.69, 9.17) is 14.0 Å². The molecule has 2 heterocycles. The van der Waals surface area contributed by atoms with Gasteiger partial charge in [-0.15, -0.1) is 11.3 Å². The molecular formula is C22H21N3O5S2. The highest BCUT2D eigenvalue weighted by molar-refractivity contribution is 7.93. The van der Waals surface area contributed by atoms with Crippen LogP contribution < -0.4 is 13.8 Å². The number of nitrogens with zero attached hydrogens (tertiary/aromatic N) is 3. The van der Waals surface area contributed by atoms with E-state index in [0.29, 0.717) is 33.5 Å². The first-order chi connectivity index (χ1) is 15.3.